The van der Waals surface area contributed by atoms with Gasteiger partial charge in [-0.1, -0.05) is 12.1 Å². The minimum absolute atomic E-state index is 0.604. The first-order chi connectivity index (χ1) is 8.62. The van der Waals surface area contributed by atoms with Crippen molar-refractivity contribution in [3.63, 3.8) is 0 Å². The number of guanidine groups is 1. The smallest absolute Gasteiger partial charge is 0.191 e. The van der Waals surface area contributed by atoms with Crippen molar-refractivity contribution in [3.05, 3.63) is 29.3 Å². The Morgan fingerprint density at radius 2 is 2.00 bits per heavy atom. The lowest BCUT2D eigenvalue weighted by Crippen LogP contribution is -2.37. The average Bonchev–Trinajstić information content (AvgIpc) is 2.38. The van der Waals surface area contributed by atoms with Gasteiger partial charge in [-0.3, -0.25) is 0 Å². The van der Waals surface area contributed by atoms with Gasteiger partial charge in [-0.05, 0) is 38.0 Å². The lowest BCUT2D eigenvalue weighted by atomic mass is 10.1. The number of aryl methyl sites for hydroxylation is 1. The predicted octanol–water partition coefficient (Wildman–Crippen LogP) is 2.16. The van der Waals surface area contributed by atoms with Crippen LogP contribution in [0.3, 0.4) is 0 Å². The molecule has 0 fully saturated rings. The standard InChI is InChI=1S/C14H23N3O/c1-5-17(6-2)14(15)16-10-12-7-8-13(18-4)11(3)9-12/h7-9H,5-6,10H2,1-4H3,(H2,15,16). The van der Waals surface area contributed by atoms with E-state index in [-0.39, 0.29) is 0 Å². The van der Waals surface area contributed by atoms with Crippen LogP contribution in [0.25, 0.3) is 0 Å². The second-order valence-electron chi connectivity index (χ2n) is 4.15. The van der Waals surface area contributed by atoms with E-state index in [1.165, 1.54) is 0 Å². The Kier molecular flexibility index (Phi) is 5.49. The zero-order chi connectivity index (χ0) is 13.5. The van der Waals surface area contributed by atoms with E-state index in [1.807, 2.05) is 24.0 Å². The van der Waals surface area contributed by atoms with Crippen LogP contribution in [0.5, 0.6) is 5.75 Å². The van der Waals surface area contributed by atoms with E-state index in [2.05, 4.69) is 24.9 Å². The topological polar surface area (TPSA) is 50.8 Å². The van der Waals surface area contributed by atoms with Crippen LogP contribution in [0.2, 0.25) is 0 Å². The van der Waals surface area contributed by atoms with E-state index >= 15 is 0 Å². The summed E-state index contributed by atoms with van der Waals surface area (Å²) in [6, 6.07) is 6.07. The number of methoxy groups -OCH3 is 1. The van der Waals surface area contributed by atoms with Gasteiger partial charge in [-0.25, -0.2) is 4.99 Å². The molecule has 0 unspecified atom stereocenters. The molecule has 100 valence electrons. The van der Waals surface area contributed by atoms with Crippen molar-refractivity contribution in [1.82, 2.24) is 4.90 Å². The molecular weight excluding hydrogens is 226 g/mol. The van der Waals surface area contributed by atoms with Crippen molar-refractivity contribution in [1.29, 1.82) is 0 Å². The van der Waals surface area contributed by atoms with Gasteiger partial charge in [-0.2, -0.15) is 0 Å². The molecule has 0 bridgehead atoms. The molecular formula is C14H23N3O. The van der Waals surface area contributed by atoms with Gasteiger partial charge < -0.3 is 15.4 Å². The molecule has 0 aromatic heterocycles. The van der Waals surface area contributed by atoms with Crippen LogP contribution in [0.15, 0.2) is 23.2 Å². The summed E-state index contributed by atoms with van der Waals surface area (Å²) in [5.74, 6) is 1.51. The summed E-state index contributed by atoms with van der Waals surface area (Å²) in [5, 5.41) is 0. The molecule has 0 spiro atoms. The van der Waals surface area contributed by atoms with Crippen LogP contribution >= 0.6 is 0 Å². The minimum Gasteiger partial charge on any atom is -0.496 e. The molecule has 0 aliphatic carbocycles. The molecule has 1 aromatic carbocycles. The van der Waals surface area contributed by atoms with Gasteiger partial charge in [0.1, 0.15) is 5.75 Å². The molecule has 1 aromatic rings. The second-order valence-corrected chi connectivity index (χ2v) is 4.15. The van der Waals surface area contributed by atoms with Crippen molar-refractivity contribution in [2.45, 2.75) is 27.3 Å². The van der Waals surface area contributed by atoms with E-state index in [4.69, 9.17) is 10.5 Å². The number of aliphatic imine (C=N–C) groups is 1. The maximum Gasteiger partial charge on any atom is 0.191 e. The summed E-state index contributed by atoms with van der Waals surface area (Å²) in [7, 11) is 1.68. The monoisotopic (exact) mass is 249 g/mol. The minimum atomic E-state index is 0.604. The fourth-order valence-corrected chi connectivity index (χ4v) is 1.86. The van der Waals surface area contributed by atoms with E-state index in [9.17, 15) is 0 Å². The number of nitrogens with two attached hydrogens (primary N) is 1. The molecule has 0 aliphatic heterocycles. The molecule has 0 saturated carbocycles. The Labute approximate surface area is 109 Å². The maximum absolute atomic E-state index is 5.93. The Morgan fingerprint density at radius 1 is 1.33 bits per heavy atom. The number of nitrogens with zero attached hydrogens (tertiary/aromatic N) is 2. The number of ether oxygens (including phenoxy) is 1. The number of hydrogen-bond donors (Lipinski definition) is 1. The van der Waals surface area contributed by atoms with Crippen LogP contribution in [-0.4, -0.2) is 31.1 Å². The molecule has 2 N–H and O–H groups in total. The van der Waals surface area contributed by atoms with Crippen molar-refractivity contribution in [3.8, 4) is 5.75 Å². The zero-order valence-corrected chi connectivity index (χ0v) is 11.7. The third-order valence-corrected chi connectivity index (χ3v) is 2.97. The molecule has 1 rings (SSSR count). The molecule has 4 nitrogen and oxygen atoms in total. The van der Waals surface area contributed by atoms with Crippen LogP contribution in [0.1, 0.15) is 25.0 Å². The fraction of sp³-hybridized carbons (Fsp3) is 0.500. The summed E-state index contributed by atoms with van der Waals surface area (Å²) in [6.07, 6.45) is 0. The SMILES string of the molecule is CCN(CC)C(N)=NCc1ccc(OC)c(C)c1. The van der Waals surface area contributed by atoms with Gasteiger partial charge in [-0.15, -0.1) is 0 Å². The number of hydrogen-bond acceptors (Lipinski definition) is 2. The largest absolute Gasteiger partial charge is 0.496 e. The van der Waals surface area contributed by atoms with Crippen molar-refractivity contribution >= 4 is 5.96 Å². The van der Waals surface area contributed by atoms with Gasteiger partial charge >= 0.3 is 0 Å². The zero-order valence-electron chi connectivity index (χ0n) is 11.7. The van der Waals surface area contributed by atoms with Gasteiger partial charge in [0.25, 0.3) is 0 Å². The van der Waals surface area contributed by atoms with Crippen LogP contribution in [-0.2, 0) is 6.54 Å². The molecule has 0 radical (unpaired) electrons. The molecule has 0 aliphatic rings. The van der Waals surface area contributed by atoms with Crippen LogP contribution < -0.4 is 10.5 Å². The average molecular weight is 249 g/mol. The van der Waals surface area contributed by atoms with Crippen molar-refractivity contribution in [2.24, 2.45) is 10.7 Å². The van der Waals surface area contributed by atoms with Gasteiger partial charge in [0, 0.05) is 13.1 Å². The highest BCUT2D eigenvalue weighted by atomic mass is 16.5. The van der Waals surface area contributed by atoms with E-state index < -0.39 is 0 Å². The number of rotatable bonds is 5. The molecule has 0 atom stereocenters. The predicted molar refractivity (Wildman–Crippen MR) is 76.0 cm³/mol. The second kappa shape index (κ2) is 6.89. The summed E-state index contributed by atoms with van der Waals surface area (Å²) in [5.41, 5.74) is 8.19. The summed E-state index contributed by atoms with van der Waals surface area (Å²) >= 11 is 0. The molecule has 18 heavy (non-hydrogen) atoms. The lowest BCUT2D eigenvalue weighted by Gasteiger charge is -2.19. The fourth-order valence-electron chi connectivity index (χ4n) is 1.86. The van der Waals surface area contributed by atoms with Crippen LogP contribution in [0.4, 0.5) is 0 Å². The summed E-state index contributed by atoms with van der Waals surface area (Å²) in [6.45, 7) is 8.54. The van der Waals surface area contributed by atoms with Gasteiger partial charge in [0.2, 0.25) is 0 Å². The Morgan fingerprint density at radius 3 is 2.50 bits per heavy atom. The molecule has 0 saturated heterocycles. The van der Waals surface area contributed by atoms with Crippen molar-refractivity contribution in [2.75, 3.05) is 20.2 Å². The quantitative estimate of drug-likeness (QED) is 0.642. The summed E-state index contributed by atoms with van der Waals surface area (Å²) in [4.78, 5) is 6.45. The molecule has 4 heteroatoms. The third kappa shape index (κ3) is 3.65. The first-order valence-electron chi connectivity index (χ1n) is 6.30. The molecule has 0 heterocycles. The number of benzene rings is 1. The van der Waals surface area contributed by atoms with Crippen LogP contribution in [0, 0.1) is 6.92 Å². The first-order valence-corrected chi connectivity index (χ1v) is 6.30. The Bertz CT molecular complexity index is 412. The highest BCUT2D eigenvalue weighted by Gasteiger charge is 2.03. The summed E-state index contributed by atoms with van der Waals surface area (Å²) < 4.78 is 5.23. The Hall–Kier alpha value is -1.71. The highest BCUT2D eigenvalue weighted by Crippen LogP contribution is 2.18. The van der Waals surface area contributed by atoms with E-state index in [0.717, 1.165) is 30.0 Å². The first kappa shape index (κ1) is 14.4. The highest BCUT2D eigenvalue weighted by molar-refractivity contribution is 5.78. The maximum atomic E-state index is 5.93. The van der Waals surface area contributed by atoms with E-state index in [0.29, 0.717) is 12.5 Å². The normalized spacial score (nSPS) is 11.4. The lowest BCUT2D eigenvalue weighted by molar-refractivity contribution is 0.411. The van der Waals surface area contributed by atoms with Gasteiger partial charge in [0.15, 0.2) is 5.96 Å². The van der Waals surface area contributed by atoms with Crippen molar-refractivity contribution < 1.29 is 4.74 Å². The molecule has 0 amide bonds. The van der Waals surface area contributed by atoms with Gasteiger partial charge in [0.05, 0.1) is 13.7 Å². The van der Waals surface area contributed by atoms with E-state index in [1.54, 1.807) is 7.11 Å². The third-order valence-electron chi connectivity index (χ3n) is 2.97. The Balaban J connectivity index is 2.73.